The topological polar surface area (TPSA) is 26.3 Å². The Kier molecular flexibility index (Phi) is 2.59. The predicted molar refractivity (Wildman–Crippen MR) is 57.8 cm³/mol. The molecule has 1 aliphatic heterocycles. The van der Waals surface area contributed by atoms with Gasteiger partial charge in [-0.1, -0.05) is 19.4 Å². The van der Waals surface area contributed by atoms with Crippen molar-refractivity contribution in [3.8, 4) is 5.75 Å². The second kappa shape index (κ2) is 3.73. The molecule has 1 aliphatic rings. The molecule has 1 aromatic rings. The lowest BCUT2D eigenvalue weighted by Gasteiger charge is -2.07. The van der Waals surface area contributed by atoms with E-state index in [1.165, 1.54) is 0 Å². The van der Waals surface area contributed by atoms with Gasteiger partial charge >= 0.3 is 0 Å². The SMILES string of the molecule is CCCC1Oc2c(Br)cccc2C1=O. The van der Waals surface area contributed by atoms with E-state index in [0.717, 1.165) is 17.3 Å². The third kappa shape index (κ3) is 1.46. The summed E-state index contributed by atoms with van der Waals surface area (Å²) in [6, 6.07) is 5.57. The summed E-state index contributed by atoms with van der Waals surface area (Å²) in [7, 11) is 0. The molecule has 0 fully saturated rings. The summed E-state index contributed by atoms with van der Waals surface area (Å²) in [4.78, 5) is 11.8. The van der Waals surface area contributed by atoms with Crippen LogP contribution in [0.3, 0.4) is 0 Å². The Morgan fingerprint density at radius 2 is 2.29 bits per heavy atom. The zero-order chi connectivity index (χ0) is 10.1. The standard InChI is InChI=1S/C11H11BrO2/c1-2-4-9-10(13)7-5-3-6-8(12)11(7)14-9/h3,5-6,9H,2,4H2,1H3. The van der Waals surface area contributed by atoms with E-state index in [9.17, 15) is 4.79 Å². The fourth-order valence-electron chi connectivity index (χ4n) is 1.64. The number of ether oxygens (including phenoxy) is 1. The molecule has 1 unspecified atom stereocenters. The molecule has 1 atom stereocenters. The van der Waals surface area contributed by atoms with Gasteiger partial charge in [0, 0.05) is 0 Å². The second-order valence-electron chi connectivity index (χ2n) is 3.38. The van der Waals surface area contributed by atoms with E-state index < -0.39 is 0 Å². The average molecular weight is 255 g/mol. The average Bonchev–Trinajstić information content (AvgIpc) is 2.48. The molecule has 0 spiro atoms. The number of carbonyl (C=O) groups is 1. The summed E-state index contributed by atoms with van der Waals surface area (Å²) in [5, 5.41) is 0. The molecule has 0 aromatic heterocycles. The zero-order valence-electron chi connectivity index (χ0n) is 7.92. The molecule has 0 N–H and O–H groups in total. The highest BCUT2D eigenvalue weighted by Gasteiger charge is 2.32. The summed E-state index contributed by atoms with van der Waals surface area (Å²) in [6.45, 7) is 2.05. The van der Waals surface area contributed by atoms with Gasteiger partial charge in [0.25, 0.3) is 0 Å². The van der Waals surface area contributed by atoms with Crippen LogP contribution >= 0.6 is 15.9 Å². The fourth-order valence-corrected chi connectivity index (χ4v) is 2.10. The molecular formula is C11H11BrO2. The number of ketones is 1. The predicted octanol–water partition coefficient (Wildman–Crippen LogP) is 3.19. The Hall–Kier alpha value is -0.830. The first-order valence-corrected chi connectivity index (χ1v) is 5.52. The van der Waals surface area contributed by atoms with Crippen molar-refractivity contribution < 1.29 is 9.53 Å². The quantitative estimate of drug-likeness (QED) is 0.811. The fraction of sp³-hybridized carbons (Fsp3) is 0.364. The van der Waals surface area contributed by atoms with Crippen molar-refractivity contribution in [3.05, 3.63) is 28.2 Å². The highest BCUT2D eigenvalue weighted by atomic mass is 79.9. The lowest BCUT2D eigenvalue weighted by Crippen LogP contribution is -2.19. The van der Waals surface area contributed by atoms with Crippen LogP contribution in [0, 0.1) is 0 Å². The van der Waals surface area contributed by atoms with E-state index in [2.05, 4.69) is 22.9 Å². The summed E-state index contributed by atoms with van der Waals surface area (Å²) in [5.74, 6) is 0.819. The van der Waals surface area contributed by atoms with Crippen LogP contribution in [-0.4, -0.2) is 11.9 Å². The van der Waals surface area contributed by atoms with Crippen molar-refractivity contribution in [1.29, 1.82) is 0 Å². The summed E-state index contributed by atoms with van der Waals surface area (Å²) in [5.41, 5.74) is 0.706. The van der Waals surface area contributed by atoms with Crippen LogP contribution in [0.2, 0.25) is 0 Å². The molecule has 0 aliphatic carbocycles. The van der Waals surface area contributed by atoms with E-state index in [-0.39, 0.29) is 11.9 Å². The third-order valence-corrected chi connectivity index (χ3v) is 2.96. The van der Waals surface area contributed by atoms with E-state index in [1.807, 2.05) is 18.2 Å². The molecule has 2 rings (SSSR count). The van der Waals surface area contributed by atoms with Crippen molar-refractivity contribution >= 4 is 21.7 Å². The first kappa shape index (κ1) is 9.71. The number of hydrogen-bond donors (Lipinski definition) is 0. The molecule has 0 saturated carbocycles. The van der Waals surface area contributed by atoms with Gasteiger partial charge in [0.1, 0.15) is 5.75 Å². The van der Waals surface area contributed by atoms with Gasteiger partial charge in [-0.2, -0.15) is 0 Å². The molecule has 2 nitrogen and oxygen atoms in total. The Morgan fingerprint density at radius 3 is 2.93 bits per heavy atom. The van der Waals surface area contributed by atoms with E-state index in [4.69, 9.17) is 4.74 Å². The van der Waals surface area contributed by atoms with Gasteiger partial charge in [0.2, 0.25) is 5.78 Å². The number of fused-ring (bicyclic) bond motifs is 1. The number of benzene rings is 1. The van der Waals surface area contributed by atoms with Crippen LogP contribution < -0.4 is 4.74 Å². The molecule has 14 heavy (non-hydrogen) atoms. The summed E-state index contributed by atoms with van der Waals surface area (Å²) >= 11 is 3.38. The largest absolute Gasteiger partial charge is 0.480 e. The summed E-state index contributed by atoms with van der Waals surface area (Å²) in [6.07, 6.45) is 1.48. The van der Waals surface area contributed by atoms with Crippen LogP contribution in [-0.2, 0) is 0 Å². The lowest BCUT2D eigenvalue weighted by atomic mass is 10.1. The maximum absolute atomic E-state index is 11.8. The van der Waals surface area contributed by atoms with E-state index in [0.29, 0.717) is 11.3 Å². The van der Waals surface area contributed by atoms with Crippen LogP contribution in [0.4, 0.5) is 0 Å². The number of halogens is 1. The van der Waals surface area contributed by atoms with Crippen molar-refractivity contribution in [2.45, 2.75) is 25.9 Å². The minimum atomic E-state index is -0.270. The third-order valence-electron chi connectivity index (χ3n) is 2.34. The lowest BCUT2D eigenvalue weighted by molar-refractivity contribution is 0.0845. The molecule has 74 valence electrons. The molecule has 1 aromatic carbocycles. The van der Waals surface area contributed by atoms with Gasteiger partial charge in [-0.25, -0.2) is 0 Å². The van der Waals surface area contributed by atoms with Crippen LogP contribution in [0.1, 0.15) is 30.1 Å². The Labute approximate surface area is 91.4 Å². The van der Waals surface area contributed by atoms with Gasteiger partial charge in [-0.3, -0.25) is 4.79 Å². The van der Waals surface area contributed by atoms with Crippen LogP contribution in [0.15, 0.2) is 22.7 Å². The zero-order valence-corrected chi connectivity index (χ0v) is 9.50. The molecule has 0 bridgehead atoms. The Morgan fingerprint density at radius 1 is 1.50 bits per heavy atom. The maximum Gasteiger partial charge on any atom is 0.207 e. The van der Waals surface area contributed by atoms with Gasteiger partial charge in [-0.15, -0.1) is 0 Å². The molecular weight excluding hydrogens is 244 g/mol. The first-order chi connectivity index (χ1) is 6.74. The smallest absolute Gasteiger partial charge is 0.207 e. The van der Waals surface area contributed by atoms with Crippen LogP contribution in [0.5, 0.6) is 5.75 Å². The highest BCUT2D eigenvalue weighted by molar-refractivity contribution is 9.10. The minimum absolute atomic E-state index is 0.114. The van der Waals surface area contributed by atoms with Crippen molar-refractivity contribution in [3.63, 3.8) is 0 Å². The highest BCUT2D eigenvalue weighted by Crippen LogP contribution is 2.36. The van der Waals surface area contributed by atoms with Gasteiger partial charge in [0.05, 0.1) is 10.0 Å². The number of Topliss-reactive ketones (excluding diaryl/α,β-unsaturated/α-hetero) is 1. The molecule has 0 amide bonds. The first-order valence-electron chi connectivity index (χ1n) is 4.73. The van der Waals surface area contributed by atoms with Gasteiger partial charge < -0.3 is 4.74 Å². The van der Waals surface area contributed by atoms with Gasteiger partial charge in [-0.05, 0) is 34.5 Å². The number of hydrogen-bond acceptors (Lipinski definition) is 2. The second-order valence-corrected chi connectivity index (χ2v) is 4.23. The minimum Gasteiger partial charge on any atom is -0.480 e. The maximum atomic E-state index is 11.8. The Bertz CT molecular complexity index is 374. The van der Waals surface area contributed by atoms with E-state index in [1.54, 1.807) is 0 Å². The molecule has 0 saturated heterocycles. The van der Waals surface area contributed by atoms with Gasteiger partial charge in [0.15, 0.2) is 6.10 Å². The monoisotopic (exact) mass is 254 g/mol. The summed E-state index contributed by atoms with van der Waals surface area (Å²) < 4.78 is 6.46. The van der Waals surface area contributed by atoms with Crippen molar-refractivity contribution in [1.82, 2.24) is 0 Å². The number of rotatable bonds is 2. The molecule has 3 heteroatoms. The van der Waals surface area contributed by atoms with Crippen molar-refractivity contribution in [2.24, 2.45) is 0 Å². The number of carbonyl (C=O) groups excluding carboxylic acids is 1. The van der Waals surface area contributed by atoms with Crippen LogP contribution in [0.25, 0.3) is 0 Å². The van der Waals surface area contributed by atoms with E-state index >= 15 is 0 Å². The van der Waals surface area contributed by atoms with Crippen molar-refractivity contribution in [2.75, 3.05) is 0 Å². The number of para-hydroxylation sites is 1. The normalized spacial score (nSPS) is 19.3. The Balaban J connectivity index is 2.35. The molecule has 0 radical (unpaired) electrons. The molecule has 1 heterocycles.